The molecule has 10 heteroatoms. The number of ether oxygens (including phenoxy) is 1. The molecular formula is C25H33F3N4O3. The average Bonchev–Trinajstić information content (AvgIpc) is 3.38. The number of rotatable bonds is 3. The summed E-state index contributed by atoms with van der Waals surface area (Å²) in [7, 11) is 0. The largest absolute Gasteiger partial charge is 0.416 e. The lowest BCUT2D eigenvalue weighted by Crippen LogP contribution is -2.62. The Kier molecular flexibility index (Phi) is 6.83. The van der Waals surface area contributed by atoms with Crippen molar-refractivity contribution in [2.75, 3.05) is 50.8 Å². The minimum Gasteiger partial charge on any atom is -0.371 e. The zero-order valence-corrected chi connectivity index (χ0v) is 19.9. The highest BCUT2D eigenvalue weighted by molar-refractivity contribution is 5.79. The highest BCUT2D eigenvalue weighted by Crippen LogP contribution is 2.36. The van der Waals surface area contributed by atoms with Crippen LogP contribution in [0.25, 0.3) is 0 Å². The molecule has 1 aromatic carbocycles. The van der Waals surface area contributed by atoms with Crippen molar-refractivity contribution in [1.29, 1.82) is 0 Å². The van der Waals surface area contributed by atoms with Gasteiger partial charge in [-0.1, -0.05) is 6.07 Å². The van der Waals surface area contributed by atoms with Crippen LogP contribution >= 0.6 is 0 Å². The van der Waals surface area contributed by atoms with Gasteiger partial charge in [-0.05, 0) is 62.1 Å². The molecule has 1 aromatic rings. The summed E-state index contributed by atoms with van der Waals surface area (Å²) in [4.78, 5) is 30.5. The van der Waals surface area contributed by atoms with Crippen molar-refractivity contribution in [3.05, 3.63) is 29.3 Å². The minimum atomic E-state index is -4.35. The van der Waals surface area contributed by atoms with E-state index in [-0.39, 0.29) is 30.7 Å². The van der Waals surface area contributed by atoms with Gasteiger partial charge in [0.05, 0.1) is 17.7 Å². The second-order valence-corrected chi connectivity index (χ2v) is 10.2. The Balaban J connectivity index is 1.19. The van der Waals surface area contributed by atoms with Crippen molar-refractivity contribution in [3.63, 3.8) is 0 Å². The predicted molar refractivity (Wildman–Crippen MR) is 124 cm³/mol. The number of carbonyl (C=O) groups is 2. The number of morpholine rings is 1. The third-order valence-electron chi connectivity index (χ3n) is 7.85. The molecule has 4 heterocycles. The number of fused-ring (bicyclic) bond motifs is 1. The summed E-state index contributed by atoms with van der Waals surface area (Å²) in [5, 5.41) is 2.93. The van der Waals surface area contributed by atoms with Crippen molar-refractivity contribution < 1.29 is 27.5 Å². The Morgan fingerprint density at radius 1 is 1.03 bits per heavy atom. The van der Waals surface area contributed by atoms with E-state index in [1.807, 2.05) is 4.90 Å². The van der Waals surface area contributed by atoms with Crippen LogP contribution in [0.5, 0.6) is 0 Å². The van der Waals surface area contributed by atoms with Crippen LogP contribution in [-0.2, 0) is 22.1 Å². The van der Waals surface area contributed by atoms with Gasteiger partial charge >= 0.3 is 12.2 Å². The van der Waals surface area contributed by atoms with E-state index < -0.39 is 11.7 Å². The van der Waals surface area contributed by atoms with Gasteiger partial charge in [0.15, 0.2) is 0 Å². The molecule has 35 heavy (non-hydrogen) atoms. The summed E-state index contributed by atoms with van der Waals surface area (Å²) >= 11 is 0. The smallest absolute Gasteiger partial charge is 0.371 e. The first-order valence-corrected chi connectivity index (χ1v) is 12.7. The molecule has 7 nitrogen and oxygen atoms in total. The fraction of sp³-hybridized carbons (Fsp3) is 0.680. The Hall–Kier alpha value is -2.49. The zero-order valence-electron chi connectivity index (χ0n) is 19.9. The van der Waals surface area contributed by atoms with E-state index >= 15 is 0 Å². The molecule has 4 saturated heterocycles. The molecular weight excluding hydrogens is 461 g/mol. The predicted octanol–water partition coefficient (Wildman–Crippen LogP) is 3.27. The lowest BCUT2D eigenvalue weighted by atomic mass is 9.89. The molecule has 0 aromatic heterocycles. The topological polar surface area (TPSA) is 65.1 Å². The number of likely N-dealkylation sites (tertiary alicyclic amines) is 2. The molecule has 192 valence electrons. The number of urea groups is 1. The Bertz CT molecular complexity index is 942. The fourth-order valence-electron chi connectivity index (χ4n) is 5.88. The Morgan fingerprint density at radius 2 is 1.74 bits per heavy atom. The second kappa shape index (κ2) is 9.87. The molecule has 5 rings (SSSR count). The Labute approximate surface area is 203 Å². The maximum absolute atomic E-state index is 13.3. The van der Waals surface area contributed by atoms with Crippen LogP contribution in [0.2, 0.25) is 0 Å². The van der Waals surface area contributed by atoms with Crippen molar-refractivity contribution in [2.45, 2.75) is 56.8 Å². The van der Waals surface area contributed by atoms with E-state index in [0.717, 1.165) is 56.4 Å². The summed E-state index contributed by atoms with van der Waals surface area (Å²) in [6.45, 7) is 4.02. The molecule has 0 saturated carbocycles. The quantitative estimate of drug-likeness (QED) is 0.701. The van der Waals surface area contributed by atoms with E-state index in [2.05, 4.69) is 10.2 Å². The molecule has 3 amide bonds. The van der Waals surface area contributed by atoms with Gasteiger partial charge in [0.25, 0.3) is 0 Å². The van der Waals surface area contributed by atoms with Crippen molar-refractivity contribution in [1.82, 2.24) is 15.1 Å². The van der Waals surface area contributed by atoms with Crippen LogP contribution in [-0.4, -0.2) is 79.8 Å². The number of hydrogen-bond acceptors (Lipinski definition) is 4. The number of amides is 3. The lowest BCUT2D eigenvalue weighted by molar-refractivity contribution is -0.140. The van der Waals surface area contributed by atoms with Crippen LogP contribution in [0.1, 0.15) is 43.2 Å². The molecule has 0 radical (unpaired) electrons. The molecule has 1 N–H and O–H groups in total. The van der Waals surface area contributed by atoms with Gasteiger partial charge in [0.2, 0.25) is 5.91 Å². The summed E-state index contributed by atoms with van der Waals surface area (Å²) in [5.41, 5.74) is 1.10. The zero-order chi connectivity index (χ0) is 24.6. The van der Waals surface area contributed by atoms with Gasteiger partial charge in [-0.3, -0.25) is 4.79 Å². The molecule has 0 unspecified atom stereocenters. The van der Waals surface area contributed by atoms with E-state index in [0.29, 0.717) is 38.5 Å². The molecule has 0 spiro atoms. The SMILES string of the molecule is O=C1CO[C@H]2CCN(C(=O)N3CCC(Cc4ccc(C(F)(F)F)cc4N4CCCC4)CC3)C[C@H]2N1. The van der Waals surface area contributed by atoms with Crippen LogP contribution in [0.15, 0.2) is 18.2 Å². The third kappa shape index (κ3) is 5.37. The van der Waals surface area contributed by atoms with Gasteiger partial charge in [0.1, 0.15) is 6.61 Å². The standard InChI is InChI=1S/C25H33F3N4O3/c26-25(27,28)19-4-3-18(21(14-19)30-8-1-2-9-30)13-17-5-10-31(11-6-17)24(34)32-12-7-22-20(15-32)29-23(33)16-35-22/h3-4,14,17,20,22H,1-2,5-13,15-16H2,(H,29,33)/t20-,22+/m1/s1. The van der Waals surface area contributed by atoms with E-state index in [1.165, 1.54) is 12.1 Å². The maximum Gasteiger partial charge on any atom is 0.416 e. The van der Waals surface area contributed by atoms with Gasteiger partial charge in [-0.25, -0.2) is 4.79 Å². The molecule has 0 aliphatic carbocycles. The van der Waals surface area contributed by atoms with Gasteiger partial charge < -0.3 is 24.8 Å². The van der Waals surface area contributed by atoms with E-state index in [1.54, 1.807) is 11.0 Å². The average molecular weight is 495 g/mol. The summed E-state index contributed by atoms with van der Waals surface area (Å²) in [5.74, 6) is 0.187. The number of nitrogens with zero attached hydrogens (tertiary/aromatic N) is 3. The lowest BCUT2D eigenvalue weighted by Gasteiger charge is -2.43. The summed E-state index contributed by atoms with van der Waals surface area (Å²) in [6.07, 6.45) is 0.714. The van der Waals surface area contributed by atoms with Crippen LogP contribution in [0, 0.1) is 5.92 Å². The highest BCUT2D eigenvalue weighted by Gasteiger charge is 2.38. The molecule has 4 aliphatic rings. The minimum absolute atomic E-state index is 0.00555. The number of piperidine rings is 2. The summed E-state index contributed by atoms with van der Waals surface area (Å²) in [6, 6.07) is 4.00. The van der Waals surface area contributed by atoms with Crippen molar-refractivity contribution >= 4 is 17.6 Å². The molecule has 4 aliphatic heterocycles. The number of nitrogens with one attached hydrogen (secondary N) is 1. The van der Waals surface area contributed by atoms with Gasteiger partial charge in [0, 0.05) is 45.0 Å². The normalized spacial score (nSPS) is 26.0. The second-order valence-electron chi connectivity index (χ2n) is 10.2. The van der Waals surface area contributed by atoms with Crippen molar-refractivity contribution in [3.8, 4) is 0 Å². The number of carbonyl (C=O) groups excluding carboxylic acids is 2. The fourth-order valence-corrected chi connectivity index (χ4v) is 5.88. The summed E-state index contributed by atoms with van der Waals surface area (Å²) < 4.78 is 45.6. The maximum atomic E-state index is 13.3. The van der Waals surface area contributed by atoms with E-state index in [4.69, 9.17) is 4.74 Å². The van der Waals surface area contributed by atoms with Crippen LogP contribution < -0.4 is 10.2 Å². The van der Waals surface area contributed by atoms with Gasteiger partial charge in [-0.2, -0.15) is 13.2 Å². The van der Waals surface area contributed by atoms with Crippen LogP contribution in [0.4, 0.5) is 23.7 Å². The number of halogens is 3. The first kappa shape index (κ1) is 24.2. The van der Waals surface area contributed by atoms with Crippen molar-refractivity contribution in [2.24, 2.45) is 5.92 Å². The highest BCUT2D eigenvalue weighted by atomic mass is 19.4. The van der Waals surface area contributed by atoms with Crippen LogP contribution in [0.3, 0.4) is 0 Å². The first-order valence-electron chi connectivity index (χ1n) is 12.7. The molecule has 0 bridgehead atoms. The number of anilines is 1. The number of benzene rings is 1. The molecule has 2 atom stereocenters. The van der Waals surface area contributed by atoms with E-state index in [9.17, 15) is 22.8 Å². The number of alkyl halides is 3. The first-order chi connectivity index (χ1) is 16.8. The van der Waals surface area contributed by atoms with Gasteiger partial charge in [-0.15, -0.1) is 0 Å². The Morgan fingerprint density at radius 3 is 2.46 bits per heavy atom. The monoisotopic (exact) mass is 494 g/mol. The number of hydrogen-bond donors (Lipinski definition) is 1. The third-order valence-corrected chi connectivity index (χ3v) is 7.85. The molecule has 4 fully saturated rings.